The summed E-state index contributed by atoms with van der Waals surface area (Å²) >= 11 is 1.94. The summed E-state index contributed by atoms with van der Waals surface area (Å²) in [7, 11) is 0. The normalized spacial score (nSPS) is 26.7. The topological polar surface area (TPSA) is 38.0 Å². The van der Waals surface area contributed by atoms with Crippen molar-refractivity contribution in [2.45, 2.75) is 69.7 Å². The second-order valence-electron chi connectivity index (χ2n) is 6.24. The summed E-state index contributed by atoms with van der Waals surface area (Å²) in [6, 6.07) is 2.84. The van der Waals surface area contributed by atoms with Gasteiger partial charge >= 0.3 is 0 Å². The standard InChI is InChI=1S/C16H26N2S/c17-18-16(12-6-3-1-2-4-7-12)14-8-5-9-15-13(14)10-11-19-15/h10-12,14,16,18H,1-9,17H2. The van der Waals surface area contributed by atoms with E-state index in [9.17, 15) is 0 Å². The van der Waals surface area contributed by atoms with Gasteiger partial charge < -0.3 is 0 Å². The molecule has 19 heavy (non-hydrogen) atoms. The van der Waals surface area contributed by atoms with Crippen LogP contribution in [0.15, 0.2) is 11.4 Å². The number of fused-ring (bicyclic) bond motifs is 1. The molecule has 0 bridgehead atoms. The van der Waals surface area contributed by atoms with Gasteiger partial charge in [0.2, 0.25) is 0 Å². The quantitative estimate of drug-likeness (QED) is 0.499. The lowest BCUT2D eigenvalue weighted by molar-refractivity contribution is 0.266. The first-order valence-electron chi connectivity index (χ1n) is 7.92. The van der Waals surface area contributed by atoms with Gasteiger partial charge in [-0.25, -0.2) is 0 Å². The molecule has 1 saturated carbocycles. The van der Waals surface area contributed by atoms with Crippen molar-refractivity contribution in [3.8, 4) is 0 Å². The second kappa shape index (κ2) is 6.38. The van der Waals surface area contributed by atoms with Crippen molar-refractivity contribution in [1.29, 1.82) is 0 Å². The molecule has 0 spiro atoms. The zero-order valence-electron chi connectivity index (χ0n) is 11.7. The summed E-state index contributed by atoms with van der Waals surface area (Å²) < 4.78 is 0. The Labute approximate surface area is 120 Å². The van der Waals surface area contributed by atoms with E-state index in [2.05, 4.69) is 16.9 Å². The second-order valence-corrected chi connectivity index (χ2v) is 7.24. The molecule has 2 nitrogen and oxygen atoms in total. The Morgan fingerprint density at radius 2 is 1.89 bits per heavy atom. The molecule has 2 unspecified atom stereocenters. The molecular weight excluding hydrogens is 252 g/mol. The number of hydrazine groups is 1. The maximum atomic E-state index is 5.96. The molecule has 1 aromatic heterocycles. The Morgan fingerprint density at radius 3 is 2.63 bits per heavy atom. The molecule has 106 valence electrons. The highest BCUT2D eigenvalue weighted by molar-refractivity contribution is 7.10. The number of thiophene rings is 1. The SMILES string of the molecule is NNC(C1CCCCCC1)C1CCCc2sccc21. The Kier molecular flexibility index (Phi) is 4.57. The van der Waals surface area contributed by atoms with Crippen LogP contribution in [-0.4, -0.2) is 6.04 Å². The van der Waals surface area contributed by atoms with E-state index in [1.165, 1.54) is 57.8 Å². The van der Waals surface area contributed by atoms with Crippen LogP contribution in [0.1, 0.15) is 67.7 Å². The number of hydrogen-bond donors (Lipinski definition) is 2. The smallest absolute Gasteiger partial charge is 0.0307 e. The van der Waals surface area contributed by atoms with Crippen LogP contribution in [-0.2, 0) is 6.42 Å². The van der Waals surface area contributed by atoms with Gasteiger partial charge in [-0.1, -0.05) is 25.7 Å². The number of rotatable bonds is 3. The van der Waals surface area contributed by atoms with E-state index in [1.54, 1.807) is 10.4 Å². The van der Waals surface area contributed by atoms with Gasteiger partial charge in [0.25, 0.3) is 0 Å². The zero-order valence-corrected chi connectivity index (χ0v) is 12.6. The third-order valence-corrected chi connectivity index (χ3v) is 6.13. The number of nitrogens with two attached hydrogens (primary N) is 1. The van der Waals surface area contributed by atoms with Crippen LogP contribution >= 0.6 is 11.3 Å². The van der Waals surface area contributed by atoms with E-state index < -0.39 is 0 Å². The lowest BCUT2D eigenvalue weighted by Gasteiger charge is -2.35. The minimum atomic E-state index is 0.492. The molecule has 1 aromatic rings. The first-order chi connectivity index (χ1) is 9.40. The van der Waals surface area contributed by atoms with Crippen LogP contribution in [0.3, 0.4) is 0 Å². The van der Waals surface area contributed by atoms with Crippen LogP contribution in [0.2, 0.25) is 0 Å². The summed E-state index contributed by atoms with van der Waals surface area (Å²) in [6.07, 6.45) is 12.3. The first kappa shape index (κ1) is 13.6. The molecule has 1 fully saturated rings. The van der Waals surface area contributed by atoms with E-state index in [4.69, 9.17) is 5.84 Å². The zero-order chi connectivity index (χ0) is 13.1. The van der Waals surface area contributed by atoms with Crippen molar-refractivity contribution >= 4 is 11.3 Å². The predicted molar refractivity (Wildman–Crippen MR) is 82.3 cm³/mol. The van der Waals surface area contributed by atoms with Gasteiger partial charge in [-0.15, -0.1) is 11.3 Å². The van der Waals surface area contributed by atoms with Crippen LogP contribution in [0.4, 0.5) is 0 Å². The largest absolute Gasteiger partial charge is 0.271 e. The van der Waals surface area contributed by atoms with Gasteiger partial charge in [-0.2, -0.15) is 0 Å². The fraction of sp³-hybridized carbons (Fsp3) is 0.750. The number of aryl methyl sites for hydroxylation is 1. The van der Waals surface area contributed by atoms with Crippen LogP contribution in [0.5, 0.6) is 0 Å². The van der Waals surface area contributed by atoms with E-state index in [0.29, 0.717) is 12.0 Å². The van der Waals surface area contributed by atoms with Gasteiger partial charge in [-0.05, 0) is 55.0 Å². The Bertz CT molecular complexity index is 393. The Balaban J connectivity index is 1.79. The maximum absolute atomic E-state index is 5.96. The van der Waals surface area contributed by atoms with Crippen LogP contribution < -0.4 is 11.3 Å². The molecule has 0 radical (unpaired) electrons. The van der Waals surface area contributed by atoms with Gasteiger partial charge in [0.15, 0.2) is 0 Å². The van der Waals surface area contributed by atoms with Gasteiger partial charge in [0.1, 0.15) is 0 Å². The van der Waals surface area contributed by atoms with Crippen molar-refractivity contribution in [1.82, 2.24) is 5.43 Å². The average Bonchev–Trinajstić information content (AvgIpc) is 2.76. The van der Waals surface area contributed by atoms with Crippen molar-refractivity contribution < 1.29 is 0 Å². The van der Waals surface area contributed by atoms with Gasteiger partial charge in [0.05, 0.1) is 0 Å². The van der Waals surface area contributed by atoms with Gasteiger partial charge in [-0.3, -0.25) is 11.3 Å². The third kappa shape index (κ3) is 2.88. The summed E-state index contributed by atoms with van der Waals surface area (Å²) in [5.41, 5.74) is 4.80. The van der Waals surface area contributed by atoms with Crippen molar-refractivity contribution in [3.05, 3.63) is 21.9 Å². The van der Waals surface area contributed by atoms with Gasteiger partial charge in [0, 0.05) is 16.8 Å². The summed E-state index contributed by atoms with van der Waals surface area (Å²) in [5.74, 6) is 7.40. The molecule has 0 saturated heterocycles. The predicted octanol–water partition coefficient (Wildman–Crippen LogP) is 3.97. The third-order valence-electron chi connectivity index (χ3n) is 5.13. The van der Waals surface area contributed by atoms with Crippen molar-refractivity contribution in [2.24, 2.45) is 11.8 Å². The summed E-state index contributed by atoms with van der Waals surface area (Å²) in [4.78, 5) is 1.62. The minimum Gasteiger partial charge on any atom is -0.271 e. The molecule has 0 aliphatic heterocycles. The summed E-state index contributed by atoms with van der Waals surface area (Å²) in [5, 5.41) is 2.27. The maximum Gasteiger partial charge on any atom is 0.0307 e. The van der Waals surface area contributed by atoms with Crippen LogP contribution in [0.25, 0.3) is 0 Å². The lowest BCUT2D eigenvalue weighted by atomic mass is 9.75. The first-order valence-corrected chi connectivity index (χ1v) is 8.80. The lowest BCUT2D eigenvalue weighted by Crippen LogP contribution is -2.45. The molecule has 0 amide bonds. The molecule has 3 heteroatoms. The van der Waals surface area contributed by atoms with E-state index in [1.807, 2.05) is 11.3 Å². The molecule has 0 aromatic carbocycles. The average molecular weight is 278 g/mol. The molecular formula is C16H26N2S. The van der Waals surface area contributed by atoms with E-state index in [-0.39, 0.29) is 0 Å². The highest BCUT2D eigenvalue weighted by atomic mass is 32.1. The van der Waals surface area contributed by atoms with E-state index in [0.717, 1.165) is 5.92 Å². The number of hydrogen-bond acceptors (Lipinski definition) is 3. The molecule has 2 aliphatic carbocycles. The molecule has 1 heterocycles. The molecule has 2 aliphatic rings. The fourth-order valence-corrected chi connectivity index (χ4v) is 5.14. The minimum absolute atomic E-state index is 0.492. The van der Waals surface area contributed by atoms with Crippen molar-refractivity contribution in [3.63, 3.8) is 0 Å². The highest BCUT2D eigenvalue weighted by Gasteiger charge is 2.33. The van der Waals surface area contributed by atoms with E-state index >= 15 is 0 Å². The highest BCUT2D eigenvalue weighted by Crippen LogP contribution is 2.41. The molecule has 3 N–H and O–H groups in total. The summed E-state index contributed by atoms with van der Waals surface area (Å²) in [6.45, 7) is 0. The monoisotopic (exact) mass is 278 g/mol. The molecule has 3 rings (SSSR count). The molecule has 2 atom stereocenters. The Hall–Kier alpha value is -0.380. The van der Waals surface area contributed by atoms with Crippen LogP contribution in [0, 0.1) is 5.92 Å². The van der Waals surface area contributed by atoms with Crippen molar-refractivity contribution in [2.75, 3.05) is 0 Å². The fourth-order valence-electron chi connectivity index (χ4n) is 4.15. The Morgan fingerprint density at radius 1 is 1.11 bits per heavy atom. The number of nitrogens with one attached hydrogen (secondary N) is 1.